The summed E-state index contributed by atoms with van der Waals surface area (Å²) in [6.45, 7) is 0. The topological polar surface area (TPSA) is 89.6 Å². The molecule has 0 unspecified atom stereocenters. The van der Waals surface area contributed by atoms with Crippen LogP contribution in [-0.2, 0) is 16.0 Å². The molecule has 0 aromatic heterocycles. The Balaban J connectivity index is 3.07. The molecule has 1 aromatic carbocycles. The van der Waals surface area contributed by atoms with Crippen LogP contribution in [0.15, 0.2) is 18.2 Å². The fourth-order valence-electron chi connectivity index (χ4n) is 1.20. The summed E-state index contributed by atoms with van der Waals surface area (Å²) >= 11 is 0. The van der Waals surface area contributed by atoms with Crippen LogP contribution < -0.4 is 5.73 Å². The van der Waals surface area contributed by atoms with Crippen LogP contribution in [0.4, 0.5) is 5.69 Å². The van der Waals surface area contributed by atoms with Crippen molar-refractivity contribution in [2.45, 2.75) is 6.42 Å². The van der Waals surface area contributed by atoms with E-state index in [4.69, 9.17) is 10.8 Å². The van der Waals surface area contributed by atoms with Gasteiger partial charge in [0.05, 0.1) is 19.1 Å². The summed E-state index contributed by atoms with van der Waals surface area (Å²) in [6.07, 6.45) is -0.0941. The van der Waals surface area contributed by atoms with Crippen molar-refractivity contribution in [1.29, 1.82) is 0 Å². The molecule has 0 atom stereocenters. The van der Waals surface area contributed by atoms with Crippen LogP contribution in [0.1, 0.15) is 15.9 Å². The summed E-state index contributed by atoms with van der Waals surface area (Å²) in [7, 11) is 1.25. The largest absolute Gasteiger partial charge is 0.478 e. The third-order valence-corrected chi connectivity index (χ3v) is 1.92. The van der Waals surface area contributed by atoms with Crippen LogP contribution in [0.5, 0.6) is 0 Å². The summed E-state index contributed by atoms with van der Waals surface area (Å²) in [5, 5.41) is 8.85. The number of anilines is 1. The van der Waals surface area contributed by atoms with E-state index in [0.29, 0.717) is 11.3 Å². The number of nitrogen functional groups attached to an aromatic ring is 1. The Morgan fingerprint density at radius 1 is 1.47 bits per heavy atom. The van der Waals surface area contributed by atoms with Crippen LogP contribution in [0.2, 0.25) is 0 Å². The molecule has 0 bridgehead atoms. The van der Waals surface area contributed by atoms with E-state index in [9.17, 15) is 9.59 Å². The number of ether oxygens (including phenoxy) is 1. The first-order chi connectivity index (χ1) is 7.04. The molecule has 80 valence electrons. The summed E-state index contributed by atoms with van der Waals surface area (Å²) < 4.78 is 4.46. The lowest BCUT2D eigenvalue weighted by Crippen LogP contribution is -2.10. The lowest BCUT2D eigenvalue weighted by Gasteiger charge is -2.05. The molecule has 0 aliphatic carbocycles. The quantitative estimate of drug-likeness (QED) is 0.564. The van der Waals surface area contributed by atoms with Crippen molar-refractivity contribution < 1.29 is 19.4 Å². The van der Waals surface area contributed by atoms with E-state index in [1.54, 1.807) is 0 Å². The van der Waals surface area contributed by atoms with Crippen LogP contribution >= 0.6 is 0 Å². The zero-order valence-corrected chi connectivity index (χ0v) is 8.19. The van der Waals surface area contributed by atoms with E-state index in [0.717, 1.165) is 0 Å². The highest BCUT2D eigenvalue weighted by atomic mass is 16.5. The predicted octanol–water partition coefficient (Wildman–Crippen LogP) is 0.683. The van der Waals surface area contributed by atoms with Crippen molar-refractivity contribution in [1.82, 2.24) is 0 Å². The average Bonchev–Trinajstić information content (AvgIpc) is 2.17. The monoisotopic (exact) mass is 209 g/mol. The van der Waals surface area contributed by atoms with Crippen molar-refractivity contribution in [2.75, 3.05) is 12.8 Å². The molecule has 0 fully saturated rings. The number of carboxylic acid groups (broad SMARTS) is 1. The predicted molar refractivity (Wildman–Crippen MR) is 53.5 cm³/mol. The van der Waals surface area contributed by atoms with E-state index >= 15 is 0 Å². The van der Waals surface area contributed by atoms with Gasteiger partial charge in [-0.1, -0.05) is 0 Å². The number of esters is 1. The Hall–Kier alpha value is -2.04. The van der Waals surface area contributed by atoms with E-state index < -0.39 is 11.9 Å². The van der Waals surface area contributed by atoms with Gasteiger partial charge in [0.2, 0.25) is 0 Å². The molecule has 15 heavy (non-hydrogen) atoms. The Morgan fingerprint density at radius 2 is 2.13 bits per heavy atom. The highest BCUT2D eigenvalue weighted by Gasteiger charge is 2.13. The molecule has 1 aromatic rings. The maximum absolute atomic E-state index is 11.0. The van der Waals surface area contributed by atoms with Crippen molar-refractivity contribution >= 4 is 17.6 Å². The molecular formula is C10H11NO4. The van der Waals surface area contributed by atoms with E-state index in [-0.39, 0.29) is 12.0 Å². The molecule has 0 saturated carbocycles. The third-order valence-electron chi connectivity index (χ3n) is 1.92. The Labute approximate surface area is 86.5 Å². The fourth-order valence-corrected chi connectivity index (χ4v) is 1.20. The minimum absolute atomic E-state index is 0.0644. The van der Waals surface area contributed by atoms with Gasteiger partial charge in [-0.3, -0.25) is 4.79 Å². The fraction of sp³-hybridized carbons (Fsp3) is 0.200. The number of hydrogen-bond donors (Lipinski definition) is 2. The zero-order valence-electron chi connectivity index (χ0n) is 8.19. The first kappa shape index (κ1) is 11.0. The van der Waals surface area contributed by atoms with Crippen molar-refractivity contribution in [2.24, 2.45) is 0 Å². The number of carbonyl (C=O) groups is 2. The van der Waals surface area contributed by atoms with Gasteiger partial charge >= 0.3 is 11.9 Å². The highest BCUT2D eigenvalue weighted by Crippen LogP contribution is 2.14. The second-order valence-electron chi connectivity index (χ2n) is 2.97. The number of benzene rings is 1. The summed E-state index contributed by atoms with van der Waals surface area (Å²) in [4.78, 5) is 21.8. The normalized spacial score (nSPS) is 9.67. The van der Waals surface area contributed by atoms with Gasteiger partial charge in [0.1, 0.15) is 0 Å². The molecule has 0 spiro atoms. The average molecular weight is 209 g/mol. The minimum Gasteiger partial charge on any atom is -0.478 e. The number of nitrogens with two attached hydrogens (primary N) is 1. The van der Waals surface area contributed by atoms with Gasteiger partial charge in [0, 0.05) is 5.69 Å². The maximum Gasteiger partial charge on any atom is 0.335 e. The van der Waals surface area contributed by atoms with Gasteiger partial charge in [-0.2, -0.15) is 0 Å². The minimum atomic E-state index is -1.09. The maximum atomic E-state index is 11.0. The van der Waals surface area contributed by atoms with Gasteiger partial charge < -0.3 is 15.6 Å². The van der Waals surface area contributed by atoms with E-state index in [1.807, 2.05) is 0 Å². The molecule has 0 radical (unpaired) electrons. The number of aromatic carboxylic acids is 1. The zero-order chi connectivity index (χ0) is 11.4. The molecular weight excluding hydrogens is 198 g/mol. The van der Waals surface area contributed by atoms with E-state index in [2.05, 4.69) is 4.74 Å². The molecule has 0 heterocycles. The van der Waals surface area contributed by atoms with Gasteiger partial charge in [-0.25, -0.2) is 4.79 Å². The van der Waals surface area contributed by atoms with Gasteiger partial charge in [-0.05, 0) is 23.8 Å². The summed E-state index contributed by atoms with van der Waals surface area (Å²) in [6, 6.07) is 4.31. The molecule has 0 aliphatic rings. The lowest BCUT2D eigenvalue weighted by atomic mass is 10.0. The lowest BCUT2D eigenvalue weighted by molar-refractivity contribution is -0.139. The van der Waals surface area contributed by atoms with Crippen molar-refractivity contribution in [3.05, 3.63) is 29.3 Å². The van der Waals surface area contributed by atoms with Crippen molar-refractivity contribution in [3.8, 4) is 0 Å². The number of carboxylic acids is 1. The highest BCUT2D eigenvalue weighted by molar-refractivity contribution is 5.91. The molecule has 3 N–H and O–H groups in total. The Bertz CT molecular complexity index is 400. The summed E-state index contributed by atoms with van der Waals surface area (Å²) in [5.41, 5.74) is 6.34. The van der Waals surface area contributed by atoms with Crippen molar-refractivity contribution in [3.63, 3.8) is 0 Å². The first-order valence-corrected chi connectivity index (χ1v) is 4.23. The van der Waals surface area contributed by atoms with Crippen LogP contribution in [-0.4, -0.2) is 24.2 Å². The number of carbonyl (C=O) groups excluding carboxylic acids is 1. The molecule has 0 aliphatic heterocycles. The number of methoxy groups -OCH3 is 1. The SMILES string of the molecule is COC(=O)Cc1cc(N)ccc1C(=O)O. The second kappa shape index (κ2) is 4.45. The third kappa shape index (κ3) is 2.70. The number of hydrogen-bond acceptors (Lipinski definition) is 4. The summed E-state index contributed by atoms with van der Waals surface area (Å²) in [5.74, 6) is -1.59. The molecule has 0 saturated heterocycles. The van der Waals surface area contributed by atoms with Gasteiger partial charge in [0.15, 0.2) is 0 Å². The van der Waals surface area contributed by atoms with Gasteiger partial charge in [-0.15, -0.1) is 0 Å². The standard InChI is InChI=1S/C10H11NO4/c1-15-9(12)5-6-4-7(11)2-3-8(6)10(13)14/h2-4H,5,11H2,1H3,(H,13,14). The Morgan fingerprint density at radius 3 is 2.67 bits per heavy atom. The molecule has 5 heteroatoms. The Kier molecular flexibility index (Phi) is 3.28. The number of rotatable bonds is 3. The van der Waals surface area contributed by atoms with E-state index in [1.165, 1.54) is 25.3 Å². The molecule has 5 nitrogen and oxygen atoms in total. The first-order valence-electron chi connectivity index (χ1n) is 4.23. The van der Waals surface area contributed by atoms with Gasteiger partial charge in [0.25, 0.3) is 0 Å². The van der Waals surface area contributed by atoms with Crippen LogP contribution in [0.3, 0.4) is 0 Å². The smallest absolute Gasteiger partial charge is 0.335 e. The second-order valence-corrected chi connectivity index (χ2v) is 2.97. The molecule has 1 rings (SSSR count). The van der Waals surface area contributed by atoms with Crippen LogP contribution in [0, 0.1) is 0 Å². The molecule has 0 amide bonds. The van der Waals surface area contributed by atoms with Crippen LogP contribution in [0.25, 0.3) is 0 Å².